The Morgan fingerprint density at radius 3 is 2.15 bits per heavy atom. The highest BCUT2D eigenvalue weighted by molar-refractivity contribution is 5.24. The summed E-state index contributed by atoms with van der Waals surface area (Å²) in [5, 5.41) is 6.71. The Morgan fingerprint density at radius 1 is 0.850 bits per heavy atom. The number of hydrogen-bond acceptors (Lipinski definition) is 2. The number of hydrogen-bond donors (Lipinski definition) is 2. The quantitative estimate of drug-likeness (QED) is 0.719. The minimum Gasteiger partial charge on any atom is -0.318 e. The number of nitrogens with one attached hydrogen (secondary N) is 2. The Balaban J connectivity index is 2.00. The molecule has 0 bridgehead atoms. The van der Waals surface area contributed by atoms with Crippen LogP contribution in [0.25, 0.3) is 0 Å². The van der Waals surface area contributed by atoms with Gasteiger partial charge in [-0.05, 0) is 24.6 Å². The van der Waals surface area contributed by atoms with Crippen molar-refractivity contribution < 1.29 is 0 Å². The highest BCUT2D eigenvalue weighted by Crippen LogP contribution is 2.20. The molecule has 0 radical (unpaired) electrons. The van der Waals surface area contributed by atoms with Gasteiger partial charge in [0, 0.05) is 25.6 Å². The van der Waals surface area contributed by atoms with Crippen LogP contribution < -0.4 is 10.6 Å². The van der Waals surface area contributed by atoms with Crippen molar-refractivity contribution in [2.75, 3.05) is 26.7 Å². The van der Waals surface area contributed by atoms with E-state index < -0.39 is 0 Å². The fourth-order valence-electron chi connectivity index (χ4n) is 2.42. The third kappa shape index (κ3) is 4.80. The molecule has 106 valence electrons. The van der Waals surface area contributed by atoms with Gasteiger partial charge in [0.05, 0.1) is 0 Å². The van der Waals surface area contributed by atoms with Crippen molar-refractivity contribution in [3.05, 3.63) is 71.8 Å². The molecule has 2 heteroatoms. The van der Waals surface area contributed by atoms with E-state index in [1.807, 2.05) is 7.05 Å². The third-order valence-corrected chi connectivity index (χ3v) is 3.54. The van der Waals surface area contributed by atoms with E-state index in [1.54, 1.807) is 0 Å². The second-order valence-corrected chi connectivity index (χ2v) is 5.11. The SMILES string of the molecule is CNCCNCC(Cc1ccccc1)c1ccccc1. The average molecular weight is 268 g/mol. The van der Waals surface area contributed by atoms with Crippen LogP contribution in [0.4, 0.5) is 0 Å². The Bertz CT molecular complexity index is 467. The molecule has 0 heterocycles. The average Bonchev–Trinajstić information content (AvgIpc) is 2.52. The Kier molecular flexibility index (Phi) is 6.28. The fraction of sp³-hybridized carbons (Fsp3) is 0.333. The molecule has 20 heavy (non-hydrogen) atoms. The summed E-state index contributed by atoms with van der Waals surface area (Å²) in [5.41, 5.74) is 2.81. The summed E-state index contributed by atoms with van der Waals surface area (Å²) in [7, 11) is 1.99. The second-order valence-electron chi connectivity index (χ2n) is 5.11. The zero-order valence-electron chi connectivity index (χ0n) is 12.2. The zero-order chi connectivity index (χ0) is 14.0. The standard InChI is InChI=1S/C18H24N2/c1-19-12-13-20-15-18(17-10-6-3-7-11-17)14-16-8-4-2-5-9-16/h2-11,18-20H,12-15H2,1H3. The van der Waals surface area contributed by atoms with Gasteiger partial charge >= 0.3 is 0 Å². The van der Waals surface area contributed by atoms with Gasteiger partial charge in [-0.1, -0.05) is 60.7 Å². The summed E-state index contributed by atoms with van der Waals surface area (Å²) in [6, 6.07) is 21.5. The highest BCUT2D eigenvalue weighted by atomic mass is 14.9. The molecule has 0 amide bonds. The summed E-state index contributed by atoms with van der Waals surface area (Å²) in [6.07, 6.45) is 1.08. The Morgan fingerprint density at radius 2 is 1.50 bits per heavy atom. The van der Waals surface area contributed by atoms with Gasteiger partial charge in [-0.3, -0.25) is 0 Å². The van der Waals surface area contributed by atoms with Crippen molar-refractivity contribution in [1.82, 2.24) is 10.6 Å². The first-order chi connectivity index (χ1) is 9.90. The summed E-state index contributed by atoms with van der Waals surface area (Å²) in [4.78, 5) is 0. The topological polar surface area (TPSA) is 24.1 Å². The monoisotopic (exact) mass is 268 g/mol. The number of rotatable bonds is 8. The van der Waals surface area contributed by atoms with Gasteiger partial charge in [0.2, 0.25) is 0 Å². The van der Waals surface area contributed by atoms with Gasteiger partial charge in [0.15, 0.2) is 0 Å². The number of benzene rings is 2. The maximum Gasteiger partial charge on any atom is 0.00768 e. The van der Waals surface area contributed by atoms with Crippen LogP contribution in [0, 0.1) is 0 Å². The van der Waals surface area contributed by atoms with E-state index in [2.05, 4.69) is 71.3 Å². The lowest BCUT2D eigenvalue weighted by Gasteiger charge is -2.18. The summed E-state index contributed by atoms with van der Waals surface area (Å²) in [5.74, 6) is 0.524. The van der Waals surface area contributed by atoms with Crippen molar-refractivity contribution >= 4 is 0 Å². The second kappa shape index (κ2) is 8.51. The van der Waals surface area contributed by atoms with Crippen LogP contribution >= 0.6 is 0 Å². The molecule has 0 aliphatic heterocycles. The van der Waals surface area contributed by atoms with Crippen molar-refractivity contribution in [1.29, 1.82) is 0 Å². The highest BCUT2D eigenvalue weighted by Gasteiger charge is 2.11. The van der Waals surface area contributed by atoms with E-state index in [4.69, 9.17) is 0 Å². The third-order valence-electron chi connectivity index (χ3n) is 3.54. The van der Waals surface area contributed by atoms with Gasteiger partial charge in [0.25, 0.3) is 0 Å². The molecule has 2 nitrogen and oxygen atoms in total. The maximum atomic E-state index is 3.54. The normalized spacial score (nSPS) is 12.2. The molecule has 0 fully saturated rings. The van der Waals surface area contributed by atoms with Crippen LogP contribution in [-0.2, 0) is 6.42 Å². The molecule has 0 spiro atoms. The molecule has 0 aliphatic rings. The molecule has 1 atom stereocenters. The first-order valence-corrected chi connectivity index (χ1v) is 7.34. The molecule has 0 saturated heterocycles. The molecule has 0 aliphatic carbocycles. The van der Waals surface area contributed by atoms with E-state index in [0.29, 0.717) is 5.92 Å². The van der Waals surface area contributed by atoms with Gasteiger partial charge in [-0.15, -0.1) is 0 Å². The maximum absolute atomic E-state index is 3.54. The predicted molar refractivity (Wildman–Crippen MR) is 86.1 cm³/mol. The van der Waals surface area contributed by atoms with Crippen LogP contribution in [0.1, 0.15) is 17.0 Å². The van der Waals surface area contributed by atoms with Gasteiger partial charge in [-0.25, -0.2) is 0 Å². The van der Waals surface area contributed by atoms with Crippen LogP contribution in [0.15, 0.2) is 60.7 Å². The largest absolute Gasteiger partial charge is 0.318 e. The minimum absolute atomic E-state index is 0.524. The Labute approximate surface area is 122 Å². The van der Waals surface area contributed by atoms with Crippen molar-refractivity contribution in [3.8, 4) is 0 Å². The molecular weight excluding hydrogens is 244 g/mol. The van der Waals surface area contributed by atoms with Gasteiger partial charge in [0.1, 0.15) is 0 Å². The zero-order valence-corrected chi connectivity index (χ0v) is 12.2. The molecule has 2 aromatic carbocycles. The molecule has 2 N–H and O–H groups in total. The minimum atomic E-state index is 0.524. The van der Waals surface area contributed by atoms with Gasteiger partial charge < -0.3 is 10.6 Å². The van der Waals surface area contributed by atoms with E-state index in [1.165, 1.54) is 11.1 Å². The molecule has 0 saturated carbocycles. The van der Waals surface area contributed by atoms with E-state index in [-0.39, 0.29) is 0 Å². The lowest BCUT2D eigenvalue weighted by atomic mass is 9.92. The fourth-order valence-corrected chi connectivity index (χ4v) is 2.42. The Hall–Kier alpha value is -1.64. The van der Waals surface area contributed by atoms with E-state index in [9.17, 15) is 0 Å². The molecule has 2 rings (SSSR count). The van der Waals surface area contributed by atoms with E-state index >= 15 is 0 Å². The van der Waals surface area contributed by atoms with Crippen molar-refractivity contribution in [3.63, 3.8) is 0 Å². The lowest BCUT2D eigenvalue weighted by Crippen LogP contribution is -2.29. The van der Waals surface area contributed by atoms with E-state index in [0.717, 1.165) is 26.1 Å². The van der Waals surface area contributed by atoms with Gasteiger partial charge in [-0.2, -0.15) is 0 Å². The summed E-state index contributed by atoms with van der Waals surface area (Å²) >= 11 is 0. The number of likely N-dealkylation sites (N-methyl/N-ethyl adjacent to an activating group) is 1. The van der Waals surface area contributed by atoms with Crippen LogP contribution in [0.2, 0.25) is 0 Å². The lowest BCUT2D eigenvalue weighted by molar-refractivity contribution is 0.570. The summed E-state index contributed by atoms with van der Waals surface area (Å²) in [6.45, 7) is 3.03. The molecule has 0 aromatic heterocycles. The molecule has 1 unspecified atom stereocenters. The molecular formula is C18H24N2. The smallest absolute Gasteiger partial charge is 0.00768 e. The van der Waals surface area contributed by atoms with Crippen molar-refractivity contribution in [2.45, 2.75) is 12.3 Å². The van der Waals surface area contributed by atoms with Crippen LogP contribution in [-0.4, -0.2) is 26.7 Å². The van der Waals surface area contributed by atoms with Crippen LogP contribution in [0.5, 0.6) is 0 Å². The predicted octanol–water partition coefficient (Wildman–Crippen LogP) is 2.82. The van der Waals surface area contributed by atoms with Crippen molar-refractivity contribution in [2.24, 2.45) is 0 Å². The molecule has 2 aromatic rings. The first-order valence-electron chi connectivity index (χ1n) is 7.34. The first kappa shape index (κ1) is 14.8. The summed E-state index contributed by atoms with van der Waals surface area (Å²) < 4.78 is 0. The van der Waals surface area contributed by atoms with Crippen LogP contribution in [0.3, 0.4) is 0 Å².